The molecule has 0 aromatic carbocycles. The Morgan fingerprint density at radius 2 is 2.19 bits per heavy atom. The van der Waals surface area contributed by atoms with E-state index in [4.69, 9.17) is 21.9 Å². The molecule has 6 heteroatoms. The summed E-state index contributed by atoms with van der Waals surface area (Å²) in [5, 5.41) is 4.28. The molecular formula is C10H11ClN4O. The summed E-state index contributed by atoms with van der Waals surface area (Å²) < 4.78 is 5.05. The number of hydrogen-bond acceptors (Lipinski definition) is 5. The predicted octanol–water partition coefficient (Wildman–Crippen LogP) is 1.98. The molecule has 5 nitrogen and oxygen atoms in total. The zero-order chi connectivity index (χ0) is 11.8. The second kappa shape index (κ2) is 3.84. The summed E-state index contributed by atoms with van der Waals surface area (Å²) in [4.78, 5) is 8.25. The van der Waals surface area contributed by atoms with Gasteiger partial charge in [0, 0.05) is 6.20 Å². The third kappa shape index (κ3) is 2.05. The Morgan fingerprint density at radius 3 is 2.75 bits per heavy atom. The van der Waals surface area contributed by atoms with Gasteiger partial charge < -0.3 is 10.3 Å². The maximum absolute atomic E-state index is 5.97. The van der Waals surface area contributed by atoms with Gasteiger partial charge in [-0.05, 0) is 26.0 Å². The van der Waals surface area contributed by atoms with E-state index in [0.717, 1.165) is 0 Å². The summed E-state index contributed by atoms with van der Waals surface area (Å²) in [6, 6.07) is 3.45. The number of rotatable bonds is 2. The van der Waals surface area contributed by atoms with E-state index in [2.05, 4.69) is 15.1 Å². The van der Waals surface area contributed by atoms with E-state index in [1.54, 1.807) is 32.2 Å². The zero-order valence-corrected chi connectivity index (χ0v) is 9.69. The van der Waals surface area contributed by atoms with Gasteiger partial charge in [0.1, 0.15) is 5.69 Å². The fourth-order valence-corrected chi connectivity index (χ4v) is 1.34. The Balaban J connectivity index is 2.44. The van der Waals surface area contributed by atoms with Crippen LogP contribution in [-0.4, -0.2) is 15.1 Å². The van der Waals surface area contributed by atoms with Crippen LogP contribution in [0, 0.1) is 0 Å². The van der Waals surface area contributed by atoms with Crippen LogP contribution in [0.3, 0.4) is 0 Å². The number of hydrogen-bond donors (Lipinski definition) is 1. The quantitative estimate of drug-likeness (QED) is 0.866. The molecule has 0 bridgehead atoms. The van der Waals surface area contributed by atoms with Gasteiger partial charge in [0.2, 0.25) is 11.7 Å². The van der Waals surface area contributed by atoms with Crippen molar-refractivity contribution in [2.24, 2.45) is 5.73 Å². The maximum atomic E-state index is 5.97. The molecule has 0 saturated carbocycles. The summed E-state index contributed by atoms with van der Waals surface area (Å²) in [7, 11) is 0. The normalized spacial score (nSPS) is 11.8. The standard InChI is InChI=1S/C10H11ClN4O/c1-10(2,12)9-14-8(15-16-9)7-6(11)4-3-5-13-7/h3-5H,12H2,1-2H3. The first kappa shape index (κ1) is 11.0. The molecule has 0 radical (unpaired) electrons. The number of nitrogens with zero attached hydrogens (tertiary/aromatic N) is 3. The van der Waals surface area contributed by atoms with Gasteiger partial charge in [-0.2, -0.15) is 4.98 Å². The van der Waals surface area contributed by atoms with Gasteiger partial charge in [0.25, 0.3) is 0 Å². The molecule has 0 aliphatic carbocycles. The number of aromatic nitrogens is 3. The number of nitrogens with two attached hydrogens (primary N) is 1. The Morgan fingerprint density at radius 1 is 1.44 bits per heavy atom. The van der Waals surface area contributed by atoms with Crippen molar-refractivity contribution >= 4 is 11.6 Å². The third-order valence-electron chi connectivity index (χ3n) is 1.95. The van der Waals surface area contributed by atoms with Gasteiger partial charge in [-0.15, -0.1) is 0 Å². The fourth-order valence-electron chi connectivity index (χ4n) is 1.13. The lowest BCUT2D eigenvalue weighted by Crippen LogP contribution is -2.28. The summed E-state index contributed by atoms with van der Waals surface area (Å²) >= 11 is 5.97. The molecule has 0 aliphatic rings. The minimum atomic E-state index is -0.674. The van der Waals surface area contributed by atoms with Gasteiger partial charge in [0.15, 0.2) is 0 Å². The smallest absolute Gasteiger partial charge is 0.246 e. The molecule has 0 unspecified atom stereocenters. The molecule has 2 aromatic heterocycles. The molecule has 84 valence electrons. The molecule has 0 amide bonds. The van der Waals surface area contributed by atoms with Gasteiger partial charge in [-0.1, -0.05) is 16.8 Å². The molecule has 2 N–H and O–H groups in total. The lowest BCUT2D eigenvalue weighted by Gasteiger charge is -2.10. The van der Waals surface area contributed by atoms with Crippen LogP contribution in [0.2, 0.25) is 5.02 Å². The van der Waals surface area contributed by atoms with Gasteiger partial charge in [0.05, 0.1) is 10.6 Å². The first-order valence-corrected chi connectivity index (χ1v) is 5.10. The predicted molar refractivity (Wildman–Crippen MR) is 59.8 cm³/mol. The fraction of sp³-hybridized carbons (Fsp3) is 0.300. The molecular weight excluding hydrogens is 228 g/mol. The molecule has 0 fully saturated rings. The van der Waals surface area contributed by atoms with E-state index in [1.807, 2.05) is 0 Å². The Labute approximate surface area is 97.6 Å². The van der Waals surface area contributed by atoms with Crippen LogP contribution < -0.4 is 5.73 Å². The highest BCUT2D eigenvalue weighted by Gasteiger charge is 2.23. The van der Waals surface area contributed by atoms with Crippen LogP contribution in [0.4, 0.5) is 0 Å². The van der Waals surface area contributed by atoms with Crippen LogP contribution in [0.15, 0.2) is 22.9 Å². The van der Waals surface area contributed by atoms with Crippen molar-refractivity contribution in [3.8, 4) is 11.5 Å². The molecule has 2 rings (SSSR count). The highest BCUT2D eigenvalue weighted by Crippen LogP contribution is 2.24. The number of halogens is 1. The highest BCUT2D eigenvalue weighted by atomic mass is 35.5. The number of pyridine rings is 1. The van der Waals surface area contributed by atoms with Crippen molar-refractivity contribution in [1.29, 1.82) is 0 Å². The largest absolute Gasteiger partial charge is 0.337 e. The maximum Gasteiger partial charge on any atom is 0.246 e. The summed E-state index contributed by atoms with van der Waals surface area (Å²) in [5.74, 6) is 0.698. The van der Waals surface area contributed by atoms with Gasteiger partial charge in [-0.25, -0.2) is 0 Å². The van der Waals surface area contributed by atoms with E-state index in [9.17, 15) is 0 Å². The average Bonchev–Trinajstić information content (AvgIpc) is 2.66. The monoisotopic (exact) mass is 238 g/mol. The van der Waals surface area contributed by atoms with Crippen LogP contribution in [0.25, 0.3) is 11.5 Å². The summed E-state index contributed by atoms with van der Waals surface area (Å²) in [6.07, 6.45) is 1.62. The summed E-state index contributed by atoms with van der Waals surface area (Å²) in [6.45, 7) is 3.56. The Bertz CT molecular complexity index is 504. The van der Waals surface area contributed by atoms with Crippen molar-refractivity contribution in [3.63, 3.8) is 0 Å². The van der Waals surface area contributed by atoms with Crippen molar-refractivity contribution in [2.75, 3.05) is 0 Å². The topological polar surface area (TPSA) is 77.8 Å². The van der Waals surface area contributed by atoms with Crippen LogP contribution in [0.1, 0.15) is 19.7 Å². The second-order valence-corrected chi connectivity index (χ2v) is 4.39. The van der Waals surface area contributed by atoms with Gasteiger partial charge >= 0.3 is 0 Å². The molecule has 2 aromatic rings. The van der Waals surface area contributed by atoms with E-state index in [-0.39, 0.29) is 0 Å². The minimum absolute atomic E-state index is 0.346. The van der Waals surface area contributed by atoms with E-state index >= 15 is 0 Å². The zero-order valence-electron chi connectivity index (χ0n) is 8.94. The molecule has 16 heavy (non-hydrogen) atoms. The lowest BCUT2D eigenvalue weighted by molar-refractivity contribution is 0.312. The molecule has 0 spiro atoms. The molecule has 0 atom stereocenters. The molecule has 0 aliphatic heterocycles. The van der Waals surface area contributed by atoms with Crippen molar-refractivity contribution < 1.29 is 4.52 Å². The Hall–Kier alpha value is -1.46. The first-order chi connectivity index (χ1) is 7.48. The lowest BCUT2D eigenvalue weighted by atomic mass is 10.1. The van der Waals surface area contributed by atoms with Crippen molar-refractivity contribution in [1.82, 2.24) is 15.1 Å². The van der Waals surface area contributed by atoms with E-state index < -0.39 is 5.54 Å². The minimum Gasteiger partial charge on any atom is -0.337 e. The summed E-state index contributed by atoms with van der Waals surface area (Å²) in [5.41, 5.74) is 5.65. The van der Waals surface area contributed by atoms with E-state index in [0.29, 0.717) is 22.4 Å². The SMILES string of the molecule is CC(C)(N)c1nc(-c2ncccc2Cl)no1. The first-order valence-electron chi connectivity index (χ1n) is 4.72. The molecule has 0 saturated heterocycles. The van der Waals surface area contributed by atoms with Gasteiger partial charge in [-0.3, -0.25) is 4.98 Å². The highest BCUT2D eigenvalue weighted by molar-refractivity contribution is 6.32. The Kier molecular flexibility index (Phi) is 2.65. The third-order valence-corrected chi connectivity index (χ3v) is 2.25. The van der Waals surface area contributed by atoms with Crippen LogP contribution in [-0.2, 0) is 5.54 Å². The van der Waals surface area contributed by atoms with Crippen LogP contribution in [0.5, 0.6) is 0 Å². The van der Waals surface area contributed by atoms with Crippen LogP contribution >= 0.6 is 11.6 Å². The van der Waals surface area contributed by atoms with E-state index in [1.165, 1.54) is 0 Å². The molecule has 2 heterocycles. The van der Waals surface area contributed by atoms with Crippen molar-refractivity contribution in [2.45, 2.75) is 19.4 Å². The van der Waals surface area contributed by atoms with Crippen molar-refractivity contribution in [3.05, 3.63) is 29.2 Å². The second-order valence-electron chi connectivity index (χ2n) is 3.98. The average molecular weight is 239 g/mol.